The number of hydrogen-bond acceptors (Lipinski definition) is 3. The SMILES string of the molecule is CCN[N+](C)(C)CC.O=C([O-])CCI. The van der Waals surface area contributed by atoms with Gasteiger partial charge in [-0.15, -0.1) is 0 Å². The van der Waals surface area contributed by atoms with Crippen molar-refractivity contribution in [3.8, 4) is 0 Å². The van der Waals surface area contributed by atoms with Gasteiger partial charge in [0.2, 0.25) is 0 Å². The van der Waals surface area contributed by atoms with Crippen LogP contribution < -0.4 is 10.5 Å². The molecule has 0 saturated heterocycles. The van der Waals surface area contributed by atoms with Crippen LogP contribution in [0.15, 0.2) is 0 Å². The van der Waals surface area contributed by atoms with Gasteiger partial charge in [0.05, 0.1) is 20.6 Å². The summed E-state index contributed by atoms with van der Waals surface area (Å²) >= 11 is 1.98. The minimum atomic E-state index is -0.968. The fourth-order valence-electron chi connectivity index (χ4n) is 0.617. The maximum atomic E-state index is 9.48. The molecule has 5 heteroatoms. The van der Waals surface area contributed by atoms with Gasteiger partial charge in [-0.2, -0.15) is 5.43 Å². The second-order valence-corrected chi connectivity index (χ2v) is 4.40. The first-order valence-electron chi connectivity index (χ1n) is 4.73. The number of carboxylic acids is 1. The van der Waals surface area contributed by atoms with Crippen molar-refractivity contribution in [3.05, 3.63) is 0 Å². The molecule has 0 bridgehead atoms. The number of halogens is 1. The summed E-state index contributed by atoms with van der Waals surface area (Å²) in [4.78, 5) is 9.48. The largest absolute Gasteiger partial charge is 0.550 e. The van der Waals surface area contributed by atoms with E-state index in [9.17, 15) is 9.90 Å². The molecule has 0 saturated carbocycles. The number of alkyl halides is 1. The van der Waals surface area contributed by atoms with E-state index in [1.807, 2.05) is 22.6 Å². The standard InChI is InChI=1S/C6H17N2.C3H5IO2/c1-5-7-8(3,4)6-2;4-2-1-3(5)6/h7H,5-6H2,1-4H3;1-2H2,(H,5,6)/q+1;/p-1. The maximum Gasteiger partial charge on any atom is 0.0929 e. The van der Waals surface area contributed by atoms with Crippen LogP contribution in [0.5, 0.6) is 0 Å². The van der Waals surface area contributed by atoms with Crippen LogP contribution in [0, 0.1) is 0 Å². The molecule has 0 aromatic rings. The Balaban J connectivity index is 0. The molecule has 4 nitrogen and oxygen atoms in total. The zero-order valence-electron chi connectivity index (χ0n) is 9.47. The predicted molar refractivity (Wildman–Crippen MR) is 64.8 cm³/mol. The highest BCUT2D eigenvalue weighted by molar-refractivity contribution is 14.1. The van der Waals surface area contributed by atoms with Crippen LogP contribution in [-0.4, -0.2) is 42.2 Å². The van der Waals surface area contributed by atoms with Gasteiger partial charge in [0.25, 0.3) is 0 Å². The zero-order chi connectivity index (χ0) is 11.6. The molecule has 0 radical (unpaired) electrons. The quantitative estimate of drug-likeness (QED) is 0.340. The molecule has 0 aliphatic rings. The smallest absolute Gasteiger partial charge is 0.0929 e. The first-order chi connectivity index (χ1) is 6.39. The topological polar surface area (TPSA) is 52.2 Å². The van der Waals surface area contributed by atoms with E-state index in [-0.39, 0.29) is 6.42 Å². The Hall–Kier alpha value is 0.120. The van der Waals surface area contributed by atoms with Crippen molar-refractivity contribution in [1.29, 1.82) is 0 Å². The van der Waals surface area contributed by atoms with E-state index < -0.39 is 5.97 Å². The number of nitrogens with zero attached hydrogens (tertiary/aromatic N) is 1. The van der Waals surface area contributed by atoms with Crippen molar-refractivity contribution in [2.75, 3.05) is 31.6 Å². The molecule has 0 aliphatic heterocycles. The fourth-order valence-corrected chi connectivity index (χ4v) is 1.06. The normalized spacial score (nSPS) is 10.4. The molecule has 0 aromatic carbocycles. The summed E-state index contributed by atoms with van der Waals surface area (Å²) in [5.41, 5.74) is 3.31. The van der Waals surface area contributed by atoms with Crippen molar-refractivity contribution < 1.29 is 14.5 Å². The molecule has 0 fully saturated rings. The van der Waals surface area contributed by atoms with E-state index in [0.29, 0.717) is 4.43 Å². The molecule has 0 rings (SSSR count). The van der Waals surface area contributed by atoms with Crippen molar-refractivity contribution in [2.45, 2.75) is 20.3 Å². The minimum Gasteiger partial charge on any atom is -0.550 e. The molecule has 0 unspecified atom stereocenters. The van der Waals surface area contributed by atoms with Crippen LogP contribution in [0.1, 0.15) is 20.3 Å². The van der Waals surface area contributed by atoms with Gasteiger partial charge in [-0.05, 0) is 20.3 Å². The highest BCUT2D eigenvalue weighted by atomic mass is 127. The van der Waals surface area contributed by atoms with Crippen LogP contribution >= 0.6 is 22.6 Å². The molecule has 14 heavy (non-hydrogen) atoms. The fraction of sp³-hybridized carbons (Fsp3) is 0.889. The van der Waals surface area contributed by atoms with Gasteiger partial charge >= 0.3 is 0 Å². The van der Waals surface area contributed by atoms with Gasteiger partial charge < -0.3 is 9.90 Å². The average Bonchev–Trinajstić information content (AvgIpc) is 2.05. The van der Waals surface area contributed by atoms with E-state index in [1.165, 1.54) is 0 Å². The molecule has 0 atom stereocenters. The number of nitrogens with one attached hydrogen (secondary N) is 1. The number of quaternary nitrogens is 1. The number of aliphatic carboxylic acids is 1. The number of carboxylic acid groups (broad SMARTS) is 1. The van der Waals surface area contributed by atoms with E-state index in [2.05, 4.69) is 33.4 Å². The summed E-state index contributed by atoms with van der Waals surface area (Å²) < 4.78 is 1.55. The lowest BCUT2D eigenvalue weighted by Crippen LogP contribution is -2.51. The Labute approximate surface area is 100 Å². The summed E-state index contributed by atoms with van der Waals surface area (Å²) in [6.07, 6.45) is 0.167. The monoisotopic (exact) mass is 316 g/mol. The molecular weight excluding hydrogens is 295 g/mol. The Morgan fingerprint density at radius 1 is 1.43 bits per heavy atom. The average molecular weight is 316 g/mol. The number of hydrogen-bond donors (Lipinski definition) is 1. The van der Waals surface area contributed by atoms with E-state index >= 15 is 0 Å². The molecule has 0 aromatic heterocycles. The molecule has 0 spiro atoms. The second-order valence-electron chi connectivity index (χ2n) is 3.32. The third-order valence-electron chi connectivity index (χ3n) is 1.68. The van der Waals surface area contributed by atoms with Crippen molar-refractivity contribution in [2.24, 2.45) is 0 Å². The van der Waals surface area contributed by atoms with Crippen LogP contribution in [0.4, 0.5) is 0 Å². The summed E-state index contributed by atoms with van der Waals surface area (Å²) in [6, 6.07) is 0. The van der Waals surface area contributed by atoms with Gasteiger partial charge in [0, 0.05) is 16.9 Å². The predicted octanol–water partition coefficient (Wildman–Crippen LogP) is 0.169. The maximum absolute atomic E-state index is 9.48. The lowest BCUT2D eigenvalue weighted by Gasteiger charge is -2.26. The number of carbonyl (C=O) groups excluding carboxylic acids is 1. The van der Waals surface area contributed by atoms with Gasteiger partial charge in [-0.1, -0.05) is 22.6 Å². The Kier molecular flexibility index (Phi) is 11.4. The third-order valence-corrected chi connectivity index (χ3v) is 2.21. The Morgan fingerprint density at radius 3 is 2.00 bits per heavy atom. The molecule has 0 amide bonds. The molecule has 0 aliphatic carbocycles. The molecular formula is C9H21IN2O2. The van der Waals surface area contributed by atoms with Crippen molar-refractivity contribution in [1.82, 2.24) is 5.43 Å². The Bertz CT molecular complexity index is 152. The molecule has 0 heterocycles. The van der Waals surface area contributed by atoms with Crippen LogP contribution in [0.3, 0.4) is 0 Å². The van der Waals surface area contributed by atoms with Crippen molar-refractivity contribution >= 4 is 28.6 Å². The van der Waals surface area contributed by atoms with Gasteiger partial charge in [-0.25, -0.2) is 0 Å². The zero-order valence-corrected chi connectivity index (χ0v) is 11.6. The van der Waals surface area contributed by atoms with E-state index in [0.717, 1.165) is 17.7 Å². The van der Waals surface area contributed by atoms with Gasteiger partial charge in [-0.3, -0.25) is 4.59 Å². The van der Waals surface area contributed by atoms with Gasteiger partial charge in [0.1, 0.15) is 0 Å². The Morgan fingerprint density at radius 2 is 1.93 bits per heavy atom. The minimum absolute atomic E-state index is 0.167. The highest BCUT2D eigenvalue weighted by Gasteiger charge is 2.07. The van der Waals surface area contributed by atoms with E-state index in [4.69, 9.17) is 0 Å². The lowest BCUT2D eigenvalue weighted by molar-refractivity contribution is -0.932. The van der Waals surface area contributed by atoms with Crippen LogP contribution in [0.25, 0.3) is 0 Å². The number of rotatable bonds is 5. The first kappa shape index (κ1) is 16.5. The van der Waals surface area contributed by atoms with E-state index in [1.54, 1.807) is 0 Å². The van der Waals surface area contributed by atoms with Gasteiger partial charge in [0.15, 0.2) is 0 Å². The molecule has 1 N–H and O–H groups in total. The number of carbonyl (C=O) groups is 1. The summed E-state index contributed by atoms with van der Waals surface area (Å²) in [5, 5.41) is 9.48. The third kappa shape index (κ3) is 14.6. The first-order valence-corrected chi connectivity index (χ1v) is 6.26. The summed E-state index contributed by atoms with van der Waals surface area (Å²) in [5.74, 6) is -0.968. The van der Waals surface area contributed by atoms with Crippen LogP contribution in [-0.2, 0) is 4.79 Å². The molecule has 86 valence electrons. The summed E-state index contributed by atoms with van der Waals surface area (Å²) in [7, 11) is 4.31. The lowest BCUT2D eigenvalue weighted by atomic mass is 10.5. The van der Waals surface area contributed by atoms with Crippen molar-refractivity contribution in [3.63, 3.8) is 0 Å². The summed E-state index contributed by atoms with van der Waals surface area (Å²) in [6.45, 7) is 6.47. The highest BCUT2D eigenvalue weighted by Crippen LogP contribution is 1.85. The second kappa shape index (κ2) is 9.67. The van der Waals surface area contributed by atoms with Crippen LogP contribution in [0.2, 0.25) is 0 Å².